The van der Waals surface area contributed by atoms with E-state index in [1.807, 2.05) is 72.1 Å². The SMILES string of the molecule is CNCc1ccc(C(N)=NC2=C(C)N(C)CC(c3ccc(S(=O)C(C)C)cc3)=N2)c(C)c1. The lowest BCUT2D eigenvalue weighted by molar-refractivity contribution is 0.463. The van der Waals surface area contributed by atoms with E-state index in [4.69, 9.17) is 15.7 Å². The third-order valence-corrected chi connectivity index (χ3v) is 7.14. The van der Waals surface area contributed by atoms with Gasteiger partial charge in [0.2, 0.25) is 0 Å². The molecule has 3 rings (SSSR count). The first kappa shape index (κ1) is 23.9. The molecule has 2 aromatic carbocycles. The highest BCUT2D eigenvalue weighted by molar-refractivity contribution is 7.85. The second-order valence-corrected chi connectivity index (χ2v) is 10.4. The van der Waals surface area contributed by atoms with Gasteiger partial charge in [-0.1, -0.05) is 44.2 Å². The van der Waals surface area contributed by atoms with Crippen molar-refractivity contribution in [3.63, 3.8) is 0 Å². The predicted octanol–water partition coefficient (Wildman–Crippen LogP) is 3.56. The van der Waals surface area contributed by atoms with Crippen molar-refractivity contribution >= 4 is 22.3 Å². The Morgan fingerprint density at radius 1 is 1.22 bits per heavy atom. The van der Waals surface area contributed by atoms with E-state index in [1.54, 1.807) is 0 Å². The van der Waals surface area contributed by atoms with Crippen molar-refractivity contribution in [1.82, 2.24) is 10.2 Å². The summed E-state index contributed by atoms with van der Waals surface area (Å²) in [6, 6.07) is 14.0. The molecule has 1 aliphatic heterocycles. The number of nitrogens with zero attached hydrogens (tertiary/aromatic N) is 3. The summed E-state index contributed by atoms with van der Waals surface area (Å²) >= 11 is 0. The summed E-state index contributed by atoms with van der Waals surface area (Å²) in [5, 5.41) is 3.25. The fourth-order valence-corrected chi connectivity index (χ4v) is 4.52. The minimum absolute atomic E-state index is 0.0873. The molecule has 0 aliphatic carbocycles. The maximum Gasteiger partial charge on any atom is 0.173 e. The Balaban J connectivity index is 1.92. The van der Waals surface area contributed by atoms with Gasteiger partial charge in [0.25, 0.3) is 0 Å². The molecule has 0 saturated heterocycles. The highest BCUT2D eigenvalue weighted by Gasteiger charge is 2.19. The van der Waals surface area contributed by atoms with Gasteiger partial charge in [0.05, 0.1) is 28.8 Å². The van der Waals surface area contributed by atoms with Gasteiger partial charge in [-0.05, 0) is 49.7 Å². The van der Waals surface area contributed by atoms with Gasteiger partial charge in [0.1, 0.15) is 5.84 Å². The van der Waals surface area contributed by atoms with E-state index in [1.165, 1.54) is 5.56 Å². The highest BCUT2D eigenvalue weighted by Crippen LogP contribution is 2.22. The van der Waals surface area contributed by atoms with Crippen molar-refractivity contribution in [3.8, 4) is 0 Å². The van der Waals surface area contributed by atoms with E-state index in [9.17, 15) is 4.21 Å². The number of rotatable bonds is 7. The molecule has 0 aromatic heterocycles. The first-order valence-corrected chi connectivity index (χ1v) is 12.0. The summed E-state index contributed by atoms with van der Waals surface area (Å²) in [5.41, 5.74) is 12.5. The molecule has 2 aromatic rings. The summed E-state index contributed by atoms with van der Waals surface area (Å²) in [7, 11) is 2.95. The average molecular weight is 452 g/mol. The lowest BCUT2D eigenvalue weighted by atomic mass is 10.0. The summed E-state index contributed by atoms with van der Waals surface area (Å²) in [6.07, 6.45) is 0. The van der Waals surface area contributed by atoms with Crippen LogP contribution in [-0.4, -0.2) is 46.5 Å². The van der Waals surface area contributed by atoms with Gasteiger partial charge < -0.3 is 16.0 Å². The number of hydrogen-bond donors (Lipinski definition) is 2. The highest BCUT2D eigenvalue weighted by atomic mass is 32.2. The first-order valence-electron chi connectivity index (χ1n) is 10.8. The zero-order valence-corrected chi connectivity index (χ0v) is 20.6. The molecule has 1 aliphatic rings. The molecule has 0 radical (unpaired) electrons. The third kappa shape index (κ3) is 5.34. The third-order valence-electron chi connectivity index (χ3n) is 5.55. The molecule has 1 atom stereocenters. The van der Waals surface area contributed by atoms with E-state index >= 15 is 0 Å². The van der Waals surface area contributed by atoms with Gasteiger partial charge in [0, 0.05) is 29.3 Å². The number of hydrogen-bond acceptors (Lipinski definition) is 5. The van der Waals surface area contributed by atoms with Gasteiger partial charge in [-0.3, -0.25) is 4.21 Å². The van der Waals surface area contributed by atoms with E-state index in [0.29, 0.717) is 18.2 Å². The molecule has 0 bridgehead atoms. The molecular weight excluding hydrogens is 418 g/mol. The number of aliphatic imine (C=N–C) groups is 2. The number of aryl methyl sites for hydroxylation is 1. The van der Waals surface area contributed by atoms with Crippen LogP contribution in [0, 0.1) is 6.92 Å². The van der Waals surface area contributed by atoms with Crippen molar-refractivity contribution in [2.24, 2.45) is 15.7 Å². The standard InChI is InChI=1S/C25H33N5OS/c1-16(2)32(31)21-10-8-20(9-11-21)23-15-30(6)18(4)25(28-23)29-24(26)22-12-7-19(14-27-5)13-17(22)3/h7-13,16,27H,14-15H2,1-6H3,(H2,26,29). The molecule has 0 spiro atoms. The van der Waals surface area contributed by atoms with Gasteiger partial charge in [-0.25, -0.2) is 9.98 Å². The van der Waals surface area contributed by atoms with Crippen molar-refractivity contribution in [2.75, 3.05) is 20.6 Å². The minimum Gasteiger partial charge on any atom is -0.383 e. The van der Waals surface area contributed by atoms with E-state index in [0.717, 1.165) is 39.5 Å². The van der Waals surface area contributed by atoms with Gasteiger partial charge in [-0.2, -0.15) is 0 Å². The van der Waals surface area contributed by atoms with Crippen LogP contribution in [0.3, 0.4) is 0 Å². The molecule has 6 nitrogen and oxygen atoms in total. The van der Waals surface area contributed by atoms with Crippen LogP contribution in [0.15, 0.2) is 68.9 Å². The minimum atomic E-state index is -1.00. The zero-order chi connectivity index (χ0) is 23.4. The predicted molar refractivity (Wildman–Crippen MR) is 135 cm³/mol. The number of allylic oxidation sites excluding steroid dienone is 1. The summed E-state index contributed by atoms with van der Waals surface area (Å²) < 4.78 is 12.4. The smallest absolute Gasteiger partial charge is 0.173 e. The van der Waals surface area contributed by atoms with Crippen molar-refractivity contribution in [3.05, 3.63) is 76.2 Å². The Bertz CT molecular complexity index is 1100. The van der Waals surface area contributed by atoms with Crippen molar-refractivity contribution in [1.29, 1.82) is 0 Å². The fraction of sp³-hybridized carbons (Fsp3) is 0.360. The van der Waals surface area contributed by atoms with E-state index in [2.05, 4.69) is 22.3 Å². The molecule has 170 valence electrons. The van der Waals surface area contributed by atoms with Crippen molar-refractivity contribution < 1.29 is 4.21 Å². The van der Waals surface area contributed by atoms with Crippen LogP contribution in [0.4, 0.5) is 0 Å². The molecule has 1 heterocycles. The number of amidine groups is 1. The maximum absolute atomic E-state index is 12.4. The summed E-state index contributed by atoms with van der Waals surface area (Å²) in [6.45, 7) is 9.46. The Kier molecular flexibility index (Phi) is 7.64. The molecule has 7 heteroatoms. The molecule has 1 unspecified atom stereocenters. The van der Waals surface area contributed by atoms with Gasteiger partial charge >= 0.3 is 0 Å². The van der Waals surface area contributed by atoms with Crippen LogP contribution in [0.25, 0.3) is 0 Å². The molecule has 0 fully saturated rings. The number of benzene rings is 2. The van der Waals surface area contributed by atoms with Gasteiger partial charge in [0.15, 0.2) is 5.82 Å². The molecular formula is C25H33N5OS. The molecule has 0 saturated carbocycles. The Labute approximate surface area is 193 Å². The lowest BCUT2D eigenvalue weighted by Crippen LogP contribution is -2.30. The quantitative estimate of drug-likeness (QED) is 0.498. The number of likely N-dealkylation sites (N-methyl/N-ethyl adjacent to an activating group) is 1. The topological polar surface area (TPSA) is 83.1 Å². The summed E-state index contributed by atoms with van der Waals surface area (Å²) in [5.74, 6) is 1.06. The largest absolute Gasteiger partial charge is 0.383 e. The van der Waals surface area contributed by atoms with Crippen LogP contribution in [0.2, 0.25) is 0 Å². The average Bonchev–Trinajstić information content (AvgIpc) is 2.76. The second kappa shape index (κ2) is 10.2. The van der Waals surface area contributed by atoms with Crippen LogP contribution in [-0.2, 0) is 17.3 Å². The second-order valence-electron chi connectivity index (χ2n) is 8.37. The van der Waals surface area contributed by atoms with Crippen LogP contribution < -0.4 is 11.1 Å². The first-order chi connectivity index (χ1) is 15.2. The van der Waals surface area contributed by atoms with E-state index < -0.39 is 10.8 Å². The normalized spacial score (nSPS) is 15.9. The molecule has 3 N–H and O–H groups in total. The maximum atomic E-state index is 12.4. The number of nitrogens with one attached hydrogen (secondary N) is 1. The van der Waals surface area contributed by atoms with Crippen LogP contribution >= 0.6 is 0 Å². The molecule has 32 heavy (non-hydrogen) atoms. The zero-order valence-electron chi connectivity index (χ0n) is 19.8. The fourth-order valence-electron chi connectivity index (χ4n) is 3.57. The monoisotopic (exact) mass is 451 g/mol. The number of nitrogens with two attached hydrogens (primary N) is 1. The Morgan fingerprint density at radius 2 is 1.91 bits per heavy atom. The molecule has 0 amide bonds. The van der Waals surface area contributed by atoms with Crippen molar-refractivity contribution in [2.45, 2.75) is 44.4 Å². The Morgan fingerprint density at radius 3 is 2.50 bits per heavy atom. The lowest BCUT2D eigenvalue weighted by Gasteiger charge is -2.26. The van der Waals surface area contributed by atoms with Crippen LogP contribution in [0.1, 0.15) is 43.0 Å². The van der Waals surface area contributed by atoms with Gasteiger partial charge in [-0.15, -0.1) is 0 Å². The van der Waals surface area contributed by atoms with E-state index in [-0.39, 0.29) is 5.25 Å². The van der Waals surface area contributed by atoms with Crippen LogP contribution in [0.5, 0.6) is 0 Å². The Hall–Kier alpha value is -2.77. The summed E-state index contributed by atoms with van der Waals surface area (Å²) in [4.78, 5) is 12.5.